The van der Waals surface area contributed by atoms with Crippen molar-refractivity contribution < 1.29 is 9.53 Å². The van der Waals surface area contributed by atoms with Gasteiger partial charge in [-0.3, -0.25) is 9.69 Å². The molecule has 2 aliphatic rings. The van der Waals surface area contributed by atoms with Crippen LogP contribution in [-0.4, -0.2) is 62.8 Å². The largest absolute Gasteiger partial charge is 0.379 e. The number of rotatable bonds is 5. The number of nitrogens with one attached hydrogen (secondary N) is 2. The van der Waals surface area contributed by atoms with Crippen molar-refractivity contribution >= 4 is 5.91 Å². The summed E-state index contributed by atoms with van der Waals surface area (Å²) < 4.78 is 5.37. The van der Waals surface area contributed by atoms with Gasteiger partial charge in [0.05, 0.1) is 19.1 Å². The molecule has 0 aliphatic carbocycles. The fourth-order valence-corrected chi connectivity index (χ4v) is 2.96. The van der Waals surface area contributed by atoms with Crippen molar-refractivity contribution in [3.8, 4) is 0 Å². The van der Waals surface area contributed by atoms with Crippen LogP contribution in [-0.2, 0) is 9.53 Å². The molecule has 2 heterocycles. The van der Waals surface area contributed by atoms with E-state index in [0.29, 0.717) is 19.3 Å². The molecule has 0 radical (unpaired) electrons. The van der Waals surface area contributed by atoms with Crippen LogP contribution in [0.3, 0.4) is 0 Å². The molecule has 5 nitrogen and oxygen atoms in total. The molecule has 2 N–H and O–H groups in total. The molecule has 0 aromatic carbocycles. The minimum Gasteiger partial charge on any atom is -0.379 e. The van der Waals surface area contributed by atoms with Crippen molar-refractivity contribution in [2.75, 3.05) is 39.9 Å². The summed E-state index contributed by atoms with van der Waals surface area (Å²) in [5.74, 6) is 0.0827. The second kappa shape index (κ2) is 7.22. The molecule has 19 heavy (non-hydrogen) atoms. The molecular formula is C14H27N3O2. The monoisotopic (exact) mass is 269 g/mol. The molecular weight excluding hydrogens is 242 g/mol. The first kappa shape index (κ1) is 14.8. The Morgan fingerprint density at radius 1 is 1.32 bits per heavy atom. The highest BCUT2D eigenvalue weighted by Gasteiger charge is 2.33. The van der Waals surface area contributed by atoms with Crippen molar-refractivity contribution in [3.63, 3.8) is 0 Å². The Morgan fingerprint density at radius 2 is 2.05 bits per heavy atom. The molecule has 2 rings (SSSR count). The van der Waals surface area contributed by atoms with Crippen LogP contribution in [0.15, 0.2) is 0 Å². The van der Waals surface area contributed by atoms with E-state index in [9.17, 15) is 4.79 Å². The number of hydrogen-bond donors (Lipinski definition) is 2. The lowest BCUT2D eigenvalue weighted by Crippen LogP contribution is -2.48. The van der Waals surface area contributed by atoms with Crippen molar-refractivity contribution in [1.82, 2.24) is 15.5 Å². The van der Waals surface area contributed by atoms with E-state index in [1.807, 2.05) is 7.05 Å². The van der Waals surface area contributed by atoms with Crippen molar-refractivity contribution in [3.05, 3.63) is 0 Å². The maximum atomic E-state index is 12.2. The molecule has 0 saturated carbocycles. The first-order valence-corrected chi connectivity index (χ1v) is 7.49. The number of carbonyl (C=O) groups is 1. The Labute approximate surface area is 116 Å². The van der Waals surface area contributed by atoms with E-state index in [0.717, 1.165) is 6.54 Å². The van der Waals surface area contributed by atoms with Crippen LogP contribution >= 0.6 is 0 Å². The van der Waals surface area contributed by atoms with Crippen LogP contribution in [0.5, 0.6) is 0 Å². The summed E-state index contributed by atoms with van der Waals surface area (Å²) in [5.41, 5.74) is 0. The first-order valence-electron chi connectivity index (χ1n) is 7.49. The molecule has 0 aromatic rings. The number of likely N-dealkylation sites (N-methyl/N-ethyl adjacent to an activating group) is 1. The van der Waals surface area contributed by atoms with Crippen LogP contribution in [0.4, 0.5) is 0 Å². The molecule has 2 aliphatic heterocycles. The van der Waals surface area contributed by atoms with Gasteiger partial charge >= 0.3 is 0 Å². The number of likely N-dealkylation sites (tertiary alicyclic amines) is 1. The van der Waals surface area contributed by atoms with E-state index in [1.165, 1.54) is 32.4 Å². The van der Waals surface area contributed by atoms with Crippen LogP contribution in [0, 0.1) is 5.92 Å². The van der Waals surface area contributed by atoms with E-state index in [-0.39, 0.29) is 17.9 Å². The van der Waals surface area contributed by atoms with Crippen LogP contribution in [0.2, 0.25) is 0 Å². The Bertz CT molecular complexity index is 292. The SMILES string of the molecule is CNC1COCC1C(=O)NCC(C)N1CCCCC1. The van der Waals surface area contributed by atoms with Gasteiger partial charge in [-0.15, -0.1) is 0 Å². The number of carbonyl (C=O) groups excluding carboxylic acids is 1. The maximum absolute atomic E-state index is 12.2. The van der Waals surface area contributed by atoms with E-state index >= 15 is 0 Å². The zero-order valence-corrected chi connectivity index (χ0v) is 12.2. The Morgan fingerprint density at radius 3 is 2.74 bits per heavy atom. The Kier molecular flexibility index (Phi) is 5.60. The fourth-order valence-electron chi connectivity index (χ4n) is 2.96. The van der Waals surface area contributed by atoms with Gasteiger partial charge in [0.2, 0.25) is 5.91 Å². The quantitative estimate of drug-likeness (QED) is 0.749. The molecule has 2 fully saturated rings. The van der Waals surface area contributed by atoms with Gasteiger partial charge in [-0.25, -0.2) is 0 Å². The van der Waals surface area contributed by atoms with Crippen molar-refractivity contribution in [2.45, 2.75) is 38.3 Å². The van der Waals surface area contributed by atoms with Gasteiger partial charge in [-0.05, 0) is 39.9 Å². The summed E-state index contributed by atoms with van der Waals surface area (Å²) in [5, 5.41) is 6.24. The first-order chi connectivity index (χ1) is 9.22. The normalized spacial score (nSPS) is 30.2. The number of ether oxygens (including phenoxy) is 1. The number of nitrogens with zero attached hydrogens (tertiary/aromatic N) is 1. The number of piperidine rings is 1. The minimum atomic E-state index is -0.0430. The molecule has 110 valence electrons. The third kappa shape index (κ3) is 3.91. The van der Waals surface area contributed by atoms with Gasteiger partial charge in [0.15, 0.2) is 0 Å². The lowest BCUT2D eigenvalue weighted by molar-refractivity contribution is -0.125. The molecule has 3 atom stereocenters. The lowest BCUT2D eigenvalue weighted by Gasteiger charge is -2.32. The number of hydrogen-bond acceptors (Lipinski definition) is 4. The Balaban J connectivity index is 1.73. The highest BCUT2D eigenvalue weighted by Crippen LogP contribution is 2.14. The second-order valence-electron chi connectivity index (χ2n) is 5.73. The molecule has 0 bridgehead atoms. The molecule has 2 saturated heterocycles. The van der Waals surface area contributed by atoms with Crippen LogP contribution in [0.1, 0.15) is 26.2 Å². The standard InChI is InChI=1S/C14H27N3O2/c1-11(17-6-4-3-5-7-17)8-16-14(18)12-9-19-10-13(12)15-2/h11-13,15H,3-10H2,1-2H3,(H,16,18). The minimum absolute atomic E-state index is 0.0430. The summed E-state index contributed by atoms with van der Waals surface area (Å²) >= 11 is 0. The van der Waals surface area contributed by atoms with Crippen molar-refractivity contribution in [1.29, 1.82) is 0 Å². The third-order valence-corrected chi connectivity index (χ3v) is 4.37. The van der Waals surface area contributed by atoms with E-state index in [2.05, 4.69) is 22.5 Å². The van der Waals surface area contributed by atoms with Gasteiger partial charge < -0.3 is 15.4 Å². The highest BCUT2D eigenvalue weighted by molar-refractivity contribution is 5.79. The highest BCUT2D eigenvalue weighted by atomic mass is 16.5. The average molecular weight is 269 g/mol. The summed E-state index contributed by atoms with van der Waals surface area (Å²) in [7, 11) is 1.88. The summed E-state index contributed by atoms with van der Waals surface area (Å²) in [4.78, 5) is 14.6. The lowest BCUT2D eigenvalue weighted by atomic mass is 10.0. The summed E-state index contributed by atoms with van der Waals surface area (Å²) in [6.07, 6.45) is 3.92. The predicted molar refractivity (Wildman–Crippen MR) is 75.1 cm³/mol. The average Bonchev–Trinajstić information content (AvgIpc) is 2.93. The van der Waals surface area contributed by atoms with Gasteiger partial charge in [0.25, 0.3) is 0 Å². The van der Waals surface area contributed by atoms with Crippen molar-refractivity contribution in [2.24, 2.45) is 5.92 Å². The van der Waals surface area contributed by atoms with Gasteiger partial charge in [0, 0.05) is 18.6 Å². The molecule has 1 amide bonds. The van der Waals surface area contributed by atoms with E-state index < -0.39 is 0 Å². The topological polar surface area (TPSA) is 53.6 Å². The Hall–Kier alpha value is -0.650. The molecule has 5 heteroatoms. The second-order valence-corrected chi connectivity index (χ2v) is 5.73. The smallest absolute Gasteiger partial charge is 0.227 e. The molecule has 0 aromatic heterocycles. The van der Waals surface area contributed by atoms with E-state index in [1.54, 1.807) is 0 Å². The zero-order chi connectivity index (χ0) is 13.7. The molecule has 3 unspecified atom stereocenters. The van der Waals surface area contributed by atoms with Gasteiger partial charge in [-0.2, -0.15) is 0 Å². The summed E-state index contributed by atoms with van der Waals surface area (Å²) in [6.45, 7) is 6.45. The molecule has 0 spiro atoms. The predicted octanol–water partition coefficient (Wildman–Crippen LogP) is 0.211. The number of amides is 1. The maximum Gasteiger partial charge on any atom is 0.227 e. The van der Waals surface area contributed by atoms with Gasteiger partial charge in [-0.1, -0.05) is 6.42 Å². The van der Waals surface area contributed by atoms with Crippen LogP contribution in [0.25, 0.3) is 0 Å². The fraction of sp³-hybridized carbons (Fsp3) is 0.929. The van der Waals surface area contributed by atoms with Gasteiger partial charge in [0.1, 0.15) is 0 Å². The zero-order valence-electron chi connectivity index (χ0n) is 12.2. The third-order valence-electron chi connectivity index (χ3n) is 4.37. The van der Waals surface area contributed by atoms with E-state index in [4.69, 9.17) is 4.74 Å². The van der Waals surface area contributed by atoms with Crippen LogP contribution < -0.4 is 10.6 Å². The summed E-state index contributed by atoms with van der Waals surface area (Å²) in [6, 6.07) is 0.588.